The molecule has 1 fully saturated rings. The maximum absolute atomic E-state index is 12.2. The predicted molar refractivity (Wildman–Crippen MR) is 71.1 cm³/mol. The summed E-state index contributed by atoms with van der Waals surface area (Å²) < 4.78 is 36.5. The van der Waals surface area contributed by atoms with Crippen LogP contribution in [0.25, 0.3) is 0 Å². The van der Waals surface area contributed by atoms with E-state index in [1.807, 2.05) is 0 Å². The summed E-state index contributed by atoms with van der Waals surface area (Å²) >= 11 is 0. The third kappa shape index (κ3) is 4.63. The molecule has 0 saturated carbocycles. The van der Waals surface area contributed by atoms with Crippen molar-refractivity contribution in [1.29, 1.82) is 0 Å². The maximum atomic E-state index is 12.2. The molecule has 21 heavy (non-hydrogen) atoms. The molecular weight excluding hydrogens is 285 g/mol. The van der Waals surface area contributed by atoms with E-state index in [9.17, 15) is 23.1 Å². The lowest BCUT2D eigenvalue weighted by Gasteiger charge is -2.34. The van der Waals surface area contributed by atoms with E-state index in [0.29, 0.717) is 31.7 Å². The molecule has 1 aromatic rings. The quantitative estimate of drug-likeness (QED) is 0.930. The molecule has 0 atom stereocenters. The van der Waals surface area contributed by atoms with Crippen molar-refractivity contribution in [2.24, 2.45) is 0 Å². The lowest BCUT2D eigenvalue weighted by Crippen LogP contribution is -2.49. The van der Waals surface area contributed by atoms with Crippen LogP contribution in [0.2, 0.25) is 0 Å². The number of hydrogen-bond donors (Lipinski definition) is 1. The third-order valence-electron chi connectivity index (χ3n) is 3.46. The van der Waals surface area contributed by atoms with Gasteiger partial charge in [-0.25, -0.2) is 0 Å². The van der Waals surface area contributed by atoms with Gasteiger partial charge in [0.15, 0.2) is 0 Å². The topological polar surface area (TPSA) is 43.8 Å². The van der Waals surface area contributed by atoms with Crippen LogP contribution in [0.4, 0.5) is 13.2 Å². The van der Waals surface area contributed by atoms with Crippen LogP contribution in [0.5, 0.6) is 5.75 Å². The van der Waals surface area contributed by atoms with Crippen molar-refractivity contribution in [3.05, 3.63) is 29.8 Å². The van der Waals surface area contributed by atoms with Gasteiger partial charge in [-0.05, 0) is 18.2 Å². The van der Waals surface area contributed by atoms with Crippen LogP contribution in [0, 0.1) is 0 Å². The molecule has 0 aromatic heterocycles. The van der Waals surface area contributed by atoms with Gasteiger partial charge in [0.1, 0.15) is 5.75 Å². The molecule has 1 heterocycles. The molecule has 4 nitrogen and oxygen atoms in total. The van der Waals surface area contributed by atoms with Gasteiger partial charge in [-0.15, -0.1) is 0 Å². The molecule has 116 valence electrons. The first-order chi connectivity index (χ1) is 9.85. The van der Waals surface area contributed by atoms with Crippen molar-refractivity contribution in [2.75, 3.05) is 32.7 Å². The second-order valence-electron chi connectivity index (χ2n) is 5.05. The Bertz CT molecular complexity index is 497. The van der Waals surface area contributed by atoms with E-state index in [0.717, 1.165) is 0 Å². The summed E-state index contributed by atoms with van der Waals surface area (Å²) in [5.74, 6) is -0.189. The second kappa shape index (κ2) is 6.34. The van der Waals surface area contributed by atoms with Crippen LogP contribution in [-0.4, -0.2) is 59.7 Å². The Kier molecular flexibility index (Phi) is 4.72. The van der Waals surface area contributed by atoms with Gasteiger partial charge in [-0.1, -0.05) is 6.07 Å². The number of halogens is 3. The van der Waals surface area contributed by atoms with Crippen LogP contribution < -0.4 is 0 Å². The Morgan fingerprint density at radius 2 is 1.86 bits per heavy atom. The van der Waals surface area contributed by atoms with E-state index in [-0.39, 0.29) is 18.2 Å². The molecular formula is C14H17F3N2O2. The SMILES string of the molecule is O=C(c1cccc(O)c1)N1CCN(CCC(F)(F)F)CC1. The Hall–Kier alpha value is -1.76. The molecule has 0 aliphatic carbocycles. The van der Waals surface area contributed by atoms with Gasteiger partial charge >= 0.3 is 6.18 Å². The van der Waals surface area contributed by atoms with Gasteiger partial charge in [-0.2, -0.15) is 13.2 Å². The Morgan fingerprint density at radius 3 is 2.43 bits per heavy atom. The Balaban J connectivity index is 1.85. The van der Waals surface area contributed by atoms with Crippen LogP contribution >= 0.6 is 0 Å². The molecule has 2 rings (SSSR count). The summed E-state index contributed by atoms with van der Waals surface area (Å²) in [6.45, 7) is 1.62. The lowest BCUT2D eigenvalue weighted by molar-refractivity contribution is -0.138. The summed E-state index contributed by atoms with van der Waals surface area (Å²) in [6, 6.07) is 6.06. The average molecular weight is 302 g/mol. The average Bonchev–Trinajstić information content (AvgIpc) is 2.44. The van der Waals surface area contributed by atoms with E-state index < -0.39 is 12.6 Å². The molecule has 0 bridgehead atoms. The number of aromatic hydroxyl groups is 1. The van der Waals surface area contributed by atoms with E-state index in [2.05, 4.69) is 0 Å². The summed E-state index contributed by atoms with van der Waals surface area (Å²) in [6.07, 6.45) is -4.97. The number of hydrogen-bond acceptors (Lipinski definition) is 3. The monoisotopic (exact) mass is 302 g/mol. The zero-order valence-electron chi connectivity index (χ0n) is 11.4. The van der Waals surface area contributed by atoms with Crippen LogP contribution in [0.1, 0.15) is 16.8 Å². The number of amides is 1. The smallest absolute Gasteiger partial charge is 0.390 e. The fourth-order valence-electron chi connectivity index (χ4n) is 2.28. The number of nitrogens with zero attached hydrogens (tertiary/aromatic N) is 2. The predicted octanol–water partition coefficient (Wildman–Crippen LogP) is 2.10. The zero-order valence-corrected chi connectivity index (χ0v) is 11.4. The van der Waals surface area contributed by atoms with E-state index in [4.69, 9.17) is 0 Å². The third-order valence-corrected chi connectivity index (χ3v) is 3.46. The fourth-order valence-corrected chi connectivity index (χ4v) is 2.28. The molecule has 1 aromatic carbocycles. The number of phenols is 1. The van der Waals surface area contributed by atoms with Gasteiger partial charge in [0.2, 0.25) is 0 Å². The summed E-state index contributed by atoms with van der Waals surface area (Å²) in [4.78, 5) is 15.5. The van der Waals surface area contributed by atoms with Crippen LogP contribution in [0.15, 0.2) is 24.3 Å². The summed E-state index contributed by atoms with van der Waals surface area (Å²) in [7, 11) is 0. The molecule has 1 amide bonds. The normalized spacial score (nSPS) is 17.0. The minimum Gasteiger partial charge on any atom is -0.508 e. The zero-order chi connectivity index (χ0) is 15.5. The standard InChI is InChI=1S/C14H17F3N2O2/c15-14(16,17)4-5-18-6-8-19(9-7-18)13(21)11-2-1-3-12(20)10-11/h1-3,10,20H,4-9H2. The second-order valence-corrected chi connectivity index (χ2v) is 5.05. The molecule has 1 aliphatic rings. The highest BCUT2D eigenvalue weighted by Crippen LogP contribution is 2.20. The molecule has 0 radical (unpaired) electrons. The first kappa shape index (κ1) is 15.6. The number of alkyl halides is 3. The largest absolute Gasteiger partial charge is 0.508 e. The number of benzene rings is 1. The summed E-state index contributed by atoms with van der Waals surface area (Å²) in [5.41, 5.74) is 0.388. The number of carbonyl (C=O) groups is 1. The van der Waals surface area contributed by atoms with Gasteiger partial charge in [0, 0.05) is 38.3 Å². The van der Waals surface area contributed by atoms with E-state index in [1.54, 1.807) is 21.9 Å². The van der Waals surface area contributed by atoms with Crippen molar-refractivity contribution < 1.29 is 23.1 Å². The highest BCUT2D eigenvalue weighted by Gasteiger charge is 2.29. The Morgan fingerprint density at radius 1 is 1.19 bits per heavy atom. The van der Waals surface area contributed by atoms with Gasteiger partial charge in [-0.3, -0.25) is 9.69 Å². The molecule has 1 aliphatic heterocycles. The number of phenolic OH excluding ortho intramolecular Hbond substituents is 1. The van der Waals surface area contributed by atoms with Crippen molar-refractivity contribution in [3.8, 4) is 5.75 Å². The summed E-state index contributed by atoms with van der Waals surface area (Å²) in [5, 5.41) is 9.36. The van der Waals surface area contributed by atoms with Crippen molar-refractivity contribution in [3.63, 3.8) is 0 Å². The highest BCUT2D eigenvalue weighted by atomic mass is 19.4. The van der Waals surface area contributed by atoms with Crippen molar-refractivity contribution in [2.45, 2.75) is 12.6 Å². The minimum absolute atomic E-state index is 0.0182. The number of rotatable bonds is 3. The maximum Gasteiger partial charge on any atom is 0.390 e. The van der Waals surface area contributed by atoms with Gasteiger partial charge in [0.25, 0.3) is 5.91 Å². The molecule has 0 spiro atoms. The fraction of sp³-hybridized carbons (Fsp3) is 0.500. The Labute approximate surface area is 120 Å². The minimum atomic E-state index is -4.14. The molecule has 0 unspecified atom stereocenters. The first-order valence-corrected chi connectivity index (χ1v) is 6.72. The van der Waals surface area contributed by atoms with E-state index >= 15 is 0 Å². The number of carbonyl (C=O) groups excluding carboxylic acids is 1. The van der Waals surface area contributed by atoms with Gasteiger partial charge in [0.05, 0.1) is 6.42 Å². The first-order valence-electron chi connectivity index (χ1n) is 6.72. The van der Waals surface area contributed by atoms with Crippen LogP contribution in [0.3, 0.4) is 0 Å². The highest BCUT2D eigenvalue weighted by molar-refractivity contribution is 5.94. The van der Waals surface area contributed by atoms with Crippen molar-refractivity contribution >= 4 is 5.91 Å². The van der Waals surface area contributed by atoms with Crippen LogP contribution in [-0.2, 0) is 0 Å². The lowest BCUT2D eigenvalue weighted by atomic mass is 10.1. The molecule has 1 saturated heterocycles. The molecule has 1 N–H and O–H groups in total. The molecule has 7 heteroatoms. The number of piperazine rings is 1. The van der Waals surface area contributed by atoms with Crippen molar-refractivity contribution in [1.82, 2.24) is 9.80 Å². The van der Waals surface area contributed by atoms with E-state index in [1.165, 1.54) is 12.1 Å². The van der Waals surface area contributed by atoms with Gasteiger partial charge < -0.3 is 10.0 Å².